The third kappa shape index (κ3) is 3.11. The summed E-state index contributed by atoms with van der Waals surface area (Å²) in [5.74, 6) is 0.835. The Kier molecular flexibility index (Phi) is 3.99. The fraction of sp³-hybridized carbons (Fsp3) is 0.231. The van der Waals surface area contributed by atoms with Crippen molar-refractivity contribution in [1.29, 1.82) is 0 Å². The first-order chi connectivity index (χ1) is 8.69. The molecule has 4 nitrogen and oxygen atoms in total. The van der Waals surface area contributed by atoms with Gasteiger partial charge in [0.1, 0.15) is 10.9 Å². The molecule has 0 saturated heterocycles. The van der Waals surface area contributed by atoms with Crippen molar-refractivity contribution in [3.05, 3.63) is 47.5 Å². The van der Waals surface area contributed by atoms with Crippen LogP contribution < -0.4 is 9.64 Å². The summed E-state index contributed by atoms with van der Waals surface area (Å²) in [7, 11) is 3.65. The summed E-state index contributed by atoms with van der Waals surface area (Å²) in [4.78, 5) is 10.3. The SMILES string of the molecule is COc1cccc(N(C)Cc2cnc(Cl)cn2)c1. The van der Waals surface area contributed by atoms with Gasteiger partial charge in [-0.2, -0.15) is 0 Å². The van der Waals surface area contributed by atoms with Crippen LogP contribution in [0.1, 0.15) is 5.69 Å². The van der Waals surface area contributed by atoms with Crippen LogP contribution in [0, 0.1) is 0 Å². The molecule has 0 aliphatic rings. The number of halogens is 1. The zero-order chi connectivity index (χ0) is 13.0. The molecule has 0 radical (unpaired) electrons. The van der Waals surface area contributed by atoms with Crippen molar-refractivity contribution in [3.8, 4) is 5.75 Å². The second-order valence-electron chi connectivity index (χ2n) is 3.89. The van der Waals surface area contributed by atoms with Crippen LogP contribution in [0.15, 0.2) is 36.7 Å². The predicted octanol–water partition coefficient (Wildman–Crippen LogP) is 2.78. The van der Waals surface area contributed by atoms with E-state index >= 15 is 0 Å². The van der Waals surface area contributed by atoms with Crippen molar-refractivity contribution in [2.75, 3.05) is 19.1 Å². The number of ether oxygens (including phenoxy) is 1. The Bertz CT molecular complexity index is 516. The molecular weight excluding hydrogens is 250 g/mol. The van der Waals surface area contributed by atoms with Crippen LogP contribution in [-0.4, -0.2) is 24.1 Å². The van der Waals surface area contributed by atoms with Crippen LogP contribution in [0.4, 0.5) is 5.69 Å². The van der Waals surface area contributed by atoms with Crippen LogP contribution in [0.25, 0.3) is 0 Å². The first kappa shape index (κ1) is 12.6. The number of rotatable bonds is 4. The minimum atomic E-state index is 0.405. The Morgan fingerprint density at radius 1 is 1.28 bits per heavy atom. The number of anilines is 1. The van der Waals surface area contributed by atoms with Crippen LogP contribution >= 0.6 is 11.6 Å². The molecule has 0 unspecified atom stereocenters. The van der Waals surface area contributed by atoms with Gasteiger partial charge in [-0.05, 0) is 12.1 Å². The van der Waals surface area contributed by atoms with E-state index in [0.29, 0.717) is 11.7 Å². The second kappa shape index (κ2) is 5.69. The molecule has 0 aliphatic heterocycles. The largest absolute Gasteiger partial charge is 0.497 e. The molecular formula is C13H14ClN3O. The lowest BCUT2D eigenvalue weighted by molar-refractivity contribution is 0.415. The third-order valence-corrected chi connectivity index (χ3v) is 2.76. The summed E-state index contributed by atoms with van der Waals surface area (Å²) >= 11 is 5.70. The van der Waals surface area contributed by atoms with Gasteiger partial charge in [-0.3, -0.25) is 4.98 Å². The number of aromatic nitrogens is 2. The molecule has 94 valence electrons. The fourth-order valence-corrected chi connectivity index (χ4v) is 1.70. The Hall–Kier alpha value is -1.81. The van der Waals surface area contributed by atoms with E-state index in [4.69, 9.17) is 16.3 Å². The highest BCUT2D eigenvalue weighted by Crippen LogP contribution is 2.20. The van der Waals surface area contributed by atoms with Gasteiger partial charge in [0.25, 0.3) is 0 Å². The smallest absolute Gasteiger partial charge is 0.147 e. The summed E-state index contributed by atoms with van der Waals surface area (Å²) in [6, 6.07) is 7.87. The summed E-state index contributed by atoms with van der Waals surface area (Å²) in [6.45, 7) is 0.664. The van der Waals surface area contributed by atoms with Crippen molar-refractivity contribution in [2.45, 2.75) is 6.54 Å². The standard InChI is InChI=1S/C13H14ClN3O/c1-17(9-10-7-16-13(14)8-15-10)11-4-3-5-12(6-11)18-2/h3-8H,9H2,1-2H3. The molecule has 0 saturated carbocycles. The molecule has 0 bridgehead atoms. The monoisotopic (exact) mass is 263 g/mol. The lowest BCUT2D eigenvalue weighted by atomic mass is 10.2. The maximum absolute atomic E-state index is 5.70. The molecule has 1 heterocycles. The number of hydrogen-bond acceptors (Lipinski definition) is 4. The molecule has 1 aromatic carbocycles. The van der Waals surface area contributed by atoms with Gasteiger partial charge in [0.2, 0.25) is 0 Å². The zero-order valence-corrected chi connectivity index (χ0v) is 11.1. The fourth-order valence-electron chi connectivity index (χ4n) is 1.60. The topological polar surface area (TPSA) is 38.2 Å². The highest BCUT2D eigenvalue weighted by atomic mass is 35.5. The molecule has 1 aromatic heterocycles. The maximum Gasteiger partial charge on any atom is 0.147 e. The van der Waals surface area contributed by atoms with E-state index in [9.17, 15) is 0 Å². The van der Waals surface area contributed by atoms with Crippen LogP contribution in [0.5, 0.6) is 5.75 Å². The predicted molar refractivity (Wildman–Crippen MR) is 72.1 cm³/mol. The van der Waals surface area contributed by atoms with E-state index in [1.54, 1.807) is 19.5 Å². The lowest BCUT2D eigenvalue weighted by Crippen LogP contribution is -2.17. The molecule has 2 aromatic rings. The van der Waals surface area contributed by atoms with E-state index in [1.807, 2.05) is 31.3 Å². The van der Waals surface area contributed by atoms with E-state index < -0.39 is 0 Å². The normalized spacial score (nSPS) is 10.2. The van der Waals surface area contributed by atoms with Gasteiger partial charge in [-0.15, -0.1) is 0 Å². The minimum Gasteiger partial charge on any atom is -0.497 e. The zero-order valence-electron chi connectivity index (χ0n) is 10.3. The van der Waals surface area contributed by atoms with E-state index in [1.165, 1.54) is 0 Å². The summed E-state index contributed by atoms with van der Waals surface area (Å²) in [5.41, 5.74) is 1.93. The van der Waals surface area contributed by atoms with Gasteiger partial charge in [0.15, 0.2) is 0 Å². The van der Waals surface area contributed by atoms with Gasteiger partial charge in [-0.1, -0.05) is 17.7 Å². The summed E-state index contributed by atoms with van der Waals surface area (Å²) in [5, 5.41) is 0.405. The number of nitrogens with zero attached hydrogens (tertiary/aromatic N) is 3. The average molecular weight is 264 g/mol. The molecule has 0 atom stereocenters. The third-order valence-electron chi connectivity index (χ3n) is 2.57. The van der Waals surface area contributed by atoms with Gasteiger partial charge in [0, 0.05) is 18.8 Å². The van der Waals surface area contributed by atoms with Gasteiger partial charge < -0.3 is 9.64 Å². The molecule has 0 fully saturated rings. The van der Waals surface area contributed by atoms with E-state index in [-0.39, 0.29) is 0 Å². The van der Waals surface area contributed by atoms with Crippen molar-refractivity contribution in [1.82, 2.24) is 9.97 Å². The van der Waals surface area contributed by atoms with Crippen LogP contribution in [0.3, 0.4) is 0 Å². The van der Waals surface area contributed by atoms with Crippen molar-refractivity contribution in [3.63, 3.8) is 0 Å². The van der Waals surface area contributed by atoms with Crippen molar-refractivity contribution < 1.29 is 4.74 Å². The average Bonchev–Trinajstić information content (AvgIpc) is 2.41. The lowest BCUT2D eigenvalue weighted by Gasteiger charge is -2.19. The quantitative estimate of drug-likeness (QED) is 0.850. The first-order valence-corrected chi connectivity index (χ1v) is 5.88. The second-order valence-corrected chi connectivity index (χ2v) is 4.28. The Morgan fingerprint density at radius 2 is 2.11 bits per heavy atom. The molecule has 5 heteroatoms. The van der Waals surface area contributed by atoms with Gasteiger partial charge in [0.05, 0.1) is 31.7 Å². The molecule has 0 amide bonds. The number of methoxy groups -OCH3 is 1. The highest BCUT2D eigenvalue weighted by Gasteiger charge is 2.04. The van der Waals surface area contributed by atoms with Gasteiger partial charge >= 0.3 is 0 Å². The molecule has 0 N–H and O–H groups in total. The molecule has 2 rings (SSSR count). The van der Waals surface area contributed by atoms with E-state index in [2.05, 4.69) is 14.9 Å². The molecule has 0 spiro atoms. The Morgan fingerprint density at radius 3 is 2.78 bits per heavy atom. The summed E-state index contributed by atoms with van der Waals surface area (Å²) < 4.78 is 5.20. The van der Waals surface area contributed by atoms with Crippen LogP contribution in [-0.2, 0) is 6.54 Å². The molecule has 0 aliphatic carbocycles. The van der Waals surface area contributed by atoms with E-state index in [0.717, 1.165) is 17.1 Å². The van der Waals surface area contributed by atoms with Crippen LogP contribution in [0.2, 0.25) is 5.15 Å². The minimum absolute atomic E-state index is 0.405. The summed E-state index contributed by atoms with van der Waals surface area (Å²) in [6.07, 6.45) is 3.23. The highest BCUT2D eigenvalue weighted by molar-refractivity contribution is 6.29. The van der Waals surface area contributed by atoms with Crippen molar-refractivity contribution in [2.24, 2.45) is 0 Å². The maximum atomic E-state index is 5.70. The Balaban J connectivity index is 2.11. The number of hydrogen-bond donors (Lipinski definition) is 0. The van der Waals surface area contributed by atoms with Gasteiger partial charge in [-0.25, -0.2) is 4.98 Å². The van der Waals surface area contributed by atoms with Crippen molar-refractivity contribution >= 4 is 17.3 Å². The Labute approximate surface area is 111 Å². The number of benzene rings is 1. The molecule has 18 heavy (non-hydrogen) atoms. The first-order valence-electron chi connectivity index (χ1n) is 5.50.